The Labute approximate surface area is 157 Å². The van der Waals surface area contributed by atoms with Crippen LogP contribution < -0.4 is 4.74 Å². The number of ether oxygens (including phenoxy) is 1. The molecule has 0 atom stereocenters. The number of amides is 1. The number of aromatic nitrogens is 1. The minimum atomic E-state index is 0.0495. The Kier molecular flexibility index (Phi) is 5.78. The molecule has 1 fully saturated rings. The number of nitrogens with zero attached hydrogens (tertiary/aromatic N) is 3. The van der Waals surface area contributed by atoms with Gasteiger partial charge in [-0.05, 0) is 30.3 Å². The van der Waals surface area contributed by atoms with Gasteiger partial charge in [-0.25, -0.2) is 4.98 Å². The molecule has 5 nitrogen and oxygen atoms in total. The molecule has 3 rings (SSSR count). The van der Waals surface area contributed by atoms with Crippen LogP contribution in [0.15, 0.2) is 36.4 Å². The predicted molar refractivity (Wildman–Crippen MR) is 98.4 cm³/mol. The highest BCUT2D eigenvalue weighted by Gasteiger charge is 2.22. The van der Waals surface area contributed by atoms with Gasteiger partial charge in [0.05, 0.1) is 7.11 Å². The maximum absolute atomic E-state index is 12.6. The summed E-state index contributed by atoms with van der Waals surface area (Å²) in [5.74, 6) is 0.795. The summed E-state index contributed by atoms with van der Waals surface area (Å²) in [6.45, 7) is 3.66. The number of rotatable bonds is 4. The van der Waals surface area contributed by atoms with E-state index in [1.165, 1.54) is 0 Å². The highest BCUT2D eigenvalue weighted by Crippen LogP contribution is 2.20. The summed E-state index contributed by atoms with van der Waals surface area (Å²) in [5.41, 5.74) is 1.63. The molecule has 132 valence electrons. The fourth-order valence-corrected chi connectivity index (χ4v) is 3.23. The lowest BCUT2D eigenvalue weighted by atomic mass is 10.1. The van der Waals surface area contributed by atoms with E-state index >= 15 is 0 Å². The van der Waals surface area contributed by atoms with Gasteiger partial charge in [0.2, 0.25) is 0 Å². The second-order valence-corrected chi connectivity index (χ2v) is 6.63. The standard InChI is InChI=1S/C18H19Cl2N3O2/c1-25-15-5-2-13(3-6-15)18(24)23-10-8-22(9-11-23)12-14-4-7-16(19)21-17(14)20/h2-7H,8-12H2,1H3. The van der Waals surface area contributed by atoms with E-state index in [2.05, 4.69) is 9.88 Å². The van der Waals surface area contributed by atoms with Crippen LogP contribution in [0.3, 0.4) is 0 Å². The Hall–Kier alpha value is -1.82. The smallest absolute Gasteiger partial charge is 0.253 e. The average Bonchev–Trinajstić information content (AvgIpc) is 2.64. The molecule has 0 saturated carbocycles. The first-order valence-electron chi connectivity index (χ1n) is 8.03. The largest absolute Gasteiger partial charge is 0.497 e. The SMILES string of the molecule is COc1ccc(C(=O)N2CCN(Cc3ccc(Cl)nc3Cl)CC2)cc1. The fourth-order valence-electron chi connectivity index (χ4n) is 2.83. The summed E-state index contributed by atoms with van der Waals surface area (Å²) in [4.78, 5) is 20.8. The van der Waals surface area contributed by atoms with Crippen LogP contribution in [-0.2, 0) is 6.54 Å². The van der Waals surface area contributed by atoms with Crippen LogP contribution in [0.5, 0.6) is 5.75 Å². The van der Waals surface area contributed by atoms with E-state index in [1.54, 1.807) is 37.4 Å². The normalized spacial score (nSPS) is 15.2. The van der Waals surface area contributed by atoms with Gasteiger partial charge in [-0.15, -0.1) is 0 Å². The Morgan fingerprint density at radius 3 is 2.36 bits per heavy atom. The van der Waals surface area contributed by atoms with Crippen LogP contribution in [0, 0.1) is 0 Å². The number of carbonyl (C=O) groups is 1. The second kappa shape index (κ2) is 8.04. The summed E-state index contributed by atoms with van der Waals surface area (Å²) in [6.07, 6.45) is 0. The zero-order valence-electron chi connectivity index (χ0n) is 13.9. The van der Waals surface area contributed by atoms with Gasteiger partial charge in [0.15, 0.2) is 0 Å². The van der Waals surface area contributed by atoms with Crippen molar-refractivity contribution in [1.82, 2.24) is 14.8 Å². The molecule has 0 spiro atoms. The minimum Gasteiger partial charge on any atom is -0.497 e. The lowest BCUT2D eigenvalue weighted by Gasteiger charge is -2.34. The summed E-state index contributed by atoms with van der Waals surface area (Å²) in [6, 6.07) is 10.8. The zero-order valence-corrected chi connectivity index (χ0v) is 15.4. The molecular formula is C18H19Cl2N3O2. The van der Waals surface area contributed by atoms with Crippen molar-refractivity contribution in [3.05, 3.63) is 57.8 Å². The van der Waals surface area contributed by atoms with Crippen LogP contribution in [0.1, 0.15) is 15.9 Å². The number of pyridine rings is 1. The van der Waals surface area contributed by atoms with Gasteiger partial charge in [0, 0.05) is 43.9 Å². The molecule has 1 aliphatic heterocycles. The molecule has 1 aromatic heterocycles. The topological polar surface area (TPSA) is 45.7 Å². The molecular weight excluding hydrogens is 361 g/mol. The monoisotopic (exact) mass is 379 g/mol. The lowest BCUT2D eigenvalue weighted by molar-refractivity contribution is 0.0628. The maximum atomic E-state index is 12.6. The average molecular weight is 380 g/mol. The van der Waals surface area contributed by atoms with Crippen LogP contribution in [0.25, 0.3) is 0 Å². The van der Waals surface area contributed by atoms with Crippen molar-refractivity contribution >= 4 is 29.1 Å². The summed E-state index contributed by atoms with van der Waals surface area (Å²) < 4.78 is 5.13. The van der Waals surface area contributed by atoms with Crippen molar-refractivity contribution in [1.29, 1.82) is 0 Å². The van der Waals surface area contributed by atoms with Gasteiger partial charge in [0.25, 0.3) is 5.91 Å². The van der Waals surface area contributed by atoms with Gasteiger partial charge in [-0.2, -0.15) is 0 Å². The molecule has 25 heavy (non-hydrogen) atoms. The van der Waals surface area contributed by atoms with E-state index in [0.717, 1.165) is 24.4 Å². The molecule has 1 saturated heterocycles. The van der Waals surface area contributed by atoms with Crippen LogP contribution in [0.2, 0.25) is 10.3 Å². The second-order valence-electron chi connectivity index (χ2n) is 5.88. The first-order chi connectivity index (χ1) is 12.1. The quantitative estimate of drug-likeness (QED) is 0.764. The number of methoxy groups -OCH3 is 1. The zero-order chi connectivity index (χ0) is 17.8. The summed E-state index contributed by atoms with van der Waals surface area (Å²) in [7, 11) is 1.61. The van der Waals surface area contributed by atoms with Crippen molar-refractivity contribution in [3.8, 4) is 5.75 Å². The van der Waals surface area contributed by atoms with E-state index in [4.69, 9.17) is 27.9 Å². The maximum Gasteiger partial charge on any atom is 0.253 e. The number of halogens is 2. The van der Waals surface area contributed by atoms with Crippen molar-refractivity contribution in [2.24, 2.45) is 0 Å². The number of benzene rings is 1. The lowest BCUT2D eigenvalue weighted by Crippen LogP contribution is -2.48. The first-order valence-corrected chi connectivity index (χ1v) is 8.79. The van der Waals surface area contributed by atoms with Crippen molar-refractivity contribution in [2.45, 2.75) is 6.54 Å². The Balaban J connectivity index is 1.56. The van der Waals surface area contributed by atoms with E-state index in [-0.39, 0.29) is 5.91 Å². The van der Waals surface area contributed by atoms with E-state index in [1.807, 2.05) is 11.0 Å². The van der Waals surface area contributed by atoms with Crippen molar-refractivity contribution in [2.75, 3.05) is 33.3 Å². The Morgan fingerprint density at radius 2 is 1.76 bits per heavy atom. The highest BCUT2D eigenvalue weighted by atomic mass is 35.5. The molecule has 1 aliphatic rings. The van der Waals surface area contributed by atoms with Gasteiger partial charge < -0.3 is 9.64 Å². The fraction of sp³-hybridized carbons (Fsp3) is 0.333. The number of hydrogen-bond donors (Lipinski definition) is 0. The molecule has 0 aliphatic carbocycles. The van der Waals surface area contributed by atoms with Gasteiger partial charge in [0.1, 0.15) is 16.1 Å². The predicted octanol–water partition coefficient (Wildman–Crippen LogP) is 3.36. The highest BCUT2D eigenvalue weighted by molar-refractivity contribution is 6.32. The van der Waals surface area contributed by atoms with E-state index in [9.17, 15) is 4.79 Å². The first kappa shape index (κ1) is 18.0. The molecule has 7 heteroatoms. The van der Waals surface area contributed by atoms with Gasteiger partial charge in [-0.1, -0.05) is 29.3 Å². The Morgan fingerprint density at radius 1 is 1.08 bits per heavy atom. The number of piperazine rings is 1. The third kappa shape index (κ3) is 4.42. The van der Waals surface area contributed by atoms with Crippen LogP contribution in [-0.4, -0.2) is 54.0 Å². The summed E-state index contributed by atoms with van der Waals surface area (Å²) in [5, 5.41) is 0.827. The minimum absolute atomic E-state index is 0.0495. The third-order valence-electron chi connectivity index (χ3n) is 4.28. The van der Waals surface area contributed by atoms with Crippen LogP contribution >= 0.6 is 23.2 Å². The molecule has 2 heterocycles. The van der Waals surface area contributed by atoms with E-state index in [0.29, 0.717) is 35.5 Å². The third-order valence-corrected chi connectivity index (χ3v) is 4.82. The number of carbonyl (C=O) groups excluding carboxylic acids is 1. The Bertz CT molecular complexity index is 744. The van der Waals surface area contributed by atoms with Crippen LogP contribution in [0.4, 0.5) is 0 Å². The van der Waals surface area contributed by atoms with Gasteiger partial charge >= 0.3 is 0 Å². The molecule has 0 N–H and O–H groups in total. The van der Waals surface area contributed by atoms with Crippen molar-refractivity contribution < 1.29 is 9.53 Å². The molecule has 1 aromatic carbocycles. The number of hydrogen-bond acceptors (Lipinski definition) is 4. The molecule has 2 aromatic rings. The molecule has 0 bridgehead atoms. The summed E-state index contributed by atoms with van der Waals surface area (Å²) >= 11 is 12.0. The van der Waals surface area contributed by atoms with E-state index < -0.39 is 0 Å². The molecule has 0 unspecified atom stereocenters. The van der Waals surface area contributed by atoms with Gasteiger partial charge in [-0.3, -0.25) is 9.69 Å². The molecule has 1 amide bonds. The molecule has 0 radical (unpaired) electrons. The van der Waals surface area contributed by atoms with Crippen molar-refractivity contribution in [3.63, 3.8) is 0 Å².